The maximum absolute atomic E-state index is 12.7. The molecule has 0 bridgehead atoms. The summed E-state index contributed by atoms with van der Waals surface area (Å²) in [6, 6.07) is 6.52. The molecule has 1 atom stereocenters. The van der Waals surface area contributed by atoms with E-state index in [0.29, 0.717) is 11.8 Å². The summed E-state index contributed by atoms with van der Waals surface area (Å²) in [6.45, 7) is 5.13. The molecule has 168 valence electrons. The molecule has 0 radical (unpaired) electrons. The highest BCUT2D eigenvalue weighted by molar-refractivity contribution is 8.14. The average molecular weight is 451 g/mol. The van der Waals surface area contributed by atoms with Crippen molar-refractivity contribution in [2.75, 3.05) is 12.9 Å². The molecule has 0 aliphatic carbocycles. The number of para-hydroxylation sites is 1. The number of thioether (sulfide) groups is 1. The minimum absolute atomic E-state index is 0.153. The van der Waals surface area contributed by atoms with Gasteiger partial charge in [0.1, 0.15) is 17.4 Å². The van der Waals surface area contributed by atoms with E-state index in [0.717, 1.165) is 16.5 Å². The first-order valence-corrected chi connectivity index (χ1v) is 10.4. The second kappa shape index (κ2) is 10.7. The maximum atomic E-state index is 12.7. The fourth-order valence-electron chi connectivity index (χ4n) is 2.60. The first-order chi connectivity index (χ1) is 14.6. The molecule has 0 aliphatic rings. The highest BCUT2D eigenvalue weighted by Gasteiger charge is 2.26. The molecule has 0 aliphatic heterocycles. The quantitative estimate of drug-likeness (QED) is 0.391. The number of esters is 1. The van der Waals surface area contributed by atoms with E-state index in [9.17, 15) is 19.2 Å². The van der Waals surface area contributed by atoms with Crippen LogP contribution in [0.25, 0.3) is 10.9 Å². The van der Waals surface area contributed by atoms with Gasteiger partial charge < -0.3 is 19.8 Å². The molecule has 31 heavy (non-hydrogen) atoms. The summed E-state index contributed by atoms with van der Waals surface area (Å²) in [5.74, 6) is -1.42. The Bertz CT molecular complexity index is 953. The van der Waals surface area contributed by atoms with Gasteiger partial charge in [-0.3, -0.25) is 25.2 Å². The van der Waals surface area contributed by atoms with Crippen molar-refractivity contribution < 1.29 is 28.7 Å². The van der Waals surface area contributed by atoms with E-state index in [1.165, 1.54) is 7.11 Å². The van der Waals surface area contributed by atoms with E-state index < -0.39 is 34.9 Å². The Labute approximate surface area is 183 Å². The molecular formula is C20H26N4O6S. The van der Waals surface area contributed by atoms with Crippen molar-refractivity contribution in [3.63, 3.8) is 0 Å². The van der Waals surface area contributed by atoms with Gasteiger partial charge in [0, 0.05) is 23.5 Å². The first-order valence-electron chi connectivity index (χ1n) is 9.43. The topological polar surface area (TPSA) is 139 Å². The lowest BCUT2D eigenvalue weighted by Gasteiger charge is -2.23. The predicted molar refractivity (Wildman–Crippen MR) is 116 cm³/mol. The fraction of sp³-hybridized carbons (Fsp3) is 0.400. The van der Waals surface area contributed by atoms with Gasteiger partial charge >= 0.3 is 12.1 Å². The van der Waals surface area contributed by atoms with Crippen LogP contribution < -0.4 is 16.2 Å². The van der Waals surface area contributed by atoms with Gasteiger partial charge in [0.15, 0.2) is 0 Å². The van der Waals surface area contributed by atoms with Crippen LogP contribution >= 0.6 is 11.8 Å². The summed E-state index contributed by atoms with van der Waals surface area (Å²) in [7, 11) is 1.21. The monoisotopic (exact) mass is 450 g/mol. The number of H-pyrrole nitrogens is 1. The molecule has 0 unspecified atom stereocenters. The molecule has 4 N–H and O–H groups in total. The van der Waals surface area contributed by atoms with Crippen molar-refractivity contribution in [1.29, 1.82) is 0 Å². The zero-order valence-corrected chi connectivity index (χ0v) is 18.6. The number of carbonyl (C=O) groups is 4. The van der Waals surface area contributed by atoms with Crippen molar-refractivity contribution >= 4 is 45.9 Å². The molecule has 1 heterocycles. The van der Waals surface area contributed by atoms with E-state index in [-0.39, 0.29) is 12.2 Å². The number of ether oxygens (including phenoxy) is 2. The number of carbonyl (C=O) groups excluding carboxylic acids is 4. The third kappa shape index (κ3) is 7.85. The van der Waals surface area contributed by atoms with Crippen LogP contribution in [-0.2, 0) is 25.5 Å². The number of hydrogen-bond acceptors (Lipinski definition) is 7. The molecule has 0 spiro atoms. The van der Waals surface area contributed by atoms with Crippen molar-refractivity contribution in [3.05, 3.63) is 36.0 Å². The molecule has 0 saturated carbocycles. The number of hydrogen-bond donors (Lipinski definition) is 4. The lowest BCUT2D eigenvalue weighted by molar-refractivity contribution is -0.137. The summed E-state index contributed by atoms with van der Waals surface area (Å²) in [6.07, 6.45) is 1.14. The van der Waals surface area contributed by atoms with Crippen LogP contribution in [0.1, 0.15) is 26.3 Å². The molecule has 11 heteroatoms. The number of rotatable bonds is 6. The molecular weight excluding hydrogens is 424 g/mol. The smallest absolute Gasteiger partial charge is 0.408 e. The number of alkyl carbamates (subject to hydrolysis) is 1. The van der Waals surface area contributed by atoms with Gasteiger partial charge in [0.2, 0.25) is 0 Å². The van der Waals surface area contributed by atoms with Crippen molar-refractivity contribution in [1.82, 2.24) is 21.2 Å². The Balaban J connectivity index is 2.07. The van der Waals surface area contributed by atoms with Gasteiger partial charge in [0.05, 0.1) is 7.11 Å². The number of aromatic nitrogens is 1. The second-order valence-corrected chi connectivity index (χ2v) is 8.48. The second-order valence-electron chi connectivity index (χ2n) is 7.53. The number of hydrazine groups is 1. The summed E-state index contributed by atoms with van der Waals surface area (Å²) in [4.78, 5) is 51.0. The normalized spacial score (nSPS) is 12.0. The number of amides is 3. The molecule has 1 aromatic carbocycles. The predicted octanol–water partition coefficient (Wildman–Crippen LogP) is 2.25. The van der Waals surface area contributed by atoms with E-state index in [1.54, 1.807) is 27.0 Å². The minimum Gasteiger partial charge on any atom is -0.468 e. The number of benzene rings is 1. The maximum Gasteiger partial charge on any atom is 0.408 e. The molecule has 3 amide bonds. The van der Waals surface area contributed by atoms with Crippen LogP contribution in [-0.4, -0.2) is 52.7 Å². The highest BCUT2D eigenvalue weighted by Crippen LogP contribution is 2.19. The number of aromatic amines is 1. The van der Waals surface area contributed by atoms with E-state index in [2.05, 4.69) is 25.9 Å². The van der Waals surface area contributed by atoms with Gasteiger partial charge in [-0.05, 0) is 32.4 Å². The van der Waals surface area contributed by atoms with Crippen LogP contribution in [0.3, 0.4) is 0 Å². The summed E-state index contributed by atoms with van der Waals surface area (Å²) < 4.78 is 9.70. The van der Waals surface area contributed by atoms with Crippen LogP contribution in [0.5, 0.6) is 0 Å². The largest absolute Gasteiger partial charge is 0.468 e. The van der Waals surface area contributed by atoms with Gasteiger partial charge in [-0.1, -0.05) is 30.0 Å². The summed E-state index contributed by atoms with van der Waals surface area (Å²) in [5, 5.41) is 2.80. The molecule has 0 saturated heterocycles. The van der Waals surface area contributed by atoms with Gasteiger partial charge in [-0.2, -0.15) is 0 Å². The molecule has 2 aromatic rings. The van der Waals surface area contributed by atoms with Crippen molar-refractivity contribution in [2.24, 2.45) is 0 Å². The first kappa shape index (κ1) is 24.1. The Kier molecular flexibility index (Phi) is 8.31. The van der Waals surface area contributed by atoms with E-state index >= 15 is 0 Å². The summed E-state index contributed by atoms with van der Waals surface area (Å²) in [5.41, 5.74) is 5.41. The molecule has 2 rings (SSSR count). The SMILES string of the molecule is COC(=O)CSC(=O)NNC(=O)[C@H](Cc1c[nH]c2ccccc12)NC(=O)OC(C)(C)C. The minimum atomic E-state index is -1.03. The standard InChI is InChI=1S/C20H26N4O6S/c1-20(2,3)30-18(27)22-15(9-12-10-21-14-8-6-5-7-13(12)14)17(26)23-24-19(28)31-11-16(25)29-4/h5-8,10,15,21H,9,11H2,1-4H3,(H,22,27)(H,23,26)(H,24,28)/t15-/m0/s1. The van der Waals surface area contributed by atoms with Crippen LogP contribution in [0, 0.1) is 0 Å². The summed E-state index contributed by atoms with van der Waals surface area (Å²) >= 11 is 0.635. The third-order valence-corrected chi connectivity index (χ3v) is 4.69. The molecule has 1 aromatic heterocycles. The van der Waals surface area contributed by atoms with Gasteiger partial charge in [-0.25, -0.2) is 4.79 Å². The Morgan fingerprint density at radius 3 is 2.52 bits per heavy atom. The highest BCUT2D eigenvalue weighted by atomic mass is 32.2. The van der Waals surface area contributed by atoms with Crippen molar-refractivity contribution in [2.45, 2.75) is 38.8 Å². The van der Waals surface area contributed by atoms with Crippen LogP contribution in [0.4, 0.5) is 9.59 Å². The third-order valence-electron chi connectivity index (χ3n) is 3.94. The Hall–Kier alpha value is -3.21. The molecule has 0 fully saturated rings. The lowest BCUT2D eigenvalue weighted by atomic mass is 10.0. The number of methoxy groups -OCH3 is 1. The fourth-order valence-corrected chi connectivity index (χ4v) is 3.09. The van der Waals surface area contributed by atoms with Gasteiger partial charge in [0.25, 0.3) is 11.1 Å². The van der Waals surface area contributed by atoms with Crippen LogP contribution in [0.2, 0.25) is 0 Å². The lowest BCUT2D eigenvalue weighted by Crippen LogP contribution is -2.53. The average Bonchev–Trinajstić information content (AvgIpc) is 3.11. The Morgan fingerprint density at radius 2 is 1.84 bits per heavy atom. The Morgan fingerprint density at radius 1 is 1.13 bits per heavy atom. The number of fused-ring (bicyclic) bond motifs is 1. The zero-order valence-electron chi connectivity index (χ0n) is 17.7. The van der Waals surface area contributed by atoms with Gasteiger partial charge in [-0.15, -0.1) is 0 Å². The van der Waals surface area contributed by atoms with Crippen molar-refractivity contribution in [3.8, 4) is 0 Å². The zero-order chi connectivity index (χ0) is 23.0. The van der Waals surface area contributed by atoms with Crippen LogP contribution in [0.15, 0.2) is 30.5 Å². The van der Waals surface area contributed by atoms with E-state index in [1.807, 2.05) is 24.3 Å². The number of nitrogens with one attached hydrogen (secondary N) is 4. The molecule has 10 nitrogen and oxygen atoms in total. The van der Waals surface area contributed by atoms with E-state index in [4.69, 9.17) is 4.74 Å².